The average Bonchev–Trinajstić information content (AvgIpc) is 3.02. The van der Waals surface area contributed by atoms with E-state index in [1.165, 1.54) is 10.4 Å². The van der Waals surface area contributed by atoms with Crippen molar-refractivity contribution in [2.45, 2.75) is 13.8 Å². The van der Waals surface area contributed by atoms with Crippen molar-refractivity contribution < 1.29 is 0 Å². The summed E-state index contributed by atoms with van der Waals surface area (Å²) in [5, 5.41) is 5.50. The largest absolute Gasteiger partial charge is 0.261 e. The van der Waals surface area contributed by atoms with Crippen LogP contribution in [0.2, 0.25) is 0 Å². The number of hydrogen-bond donors (Lipinski definition) is 0. The molecule has 0 fully saturated rings. The smallest absolute Gasteiger partial charge is 0.202 e. The lowest BCUT2D eigenvalue weighted by Gasteiger charge is -1.93. The molecule has 98 valence electrons. The molecule has 4 heterocycles. The SMILES string of the molecule is Cc1sc2ncn3nc(-c4cnccn4)nc3c2c1C. The van der Waals surface area contributed by atoms with Crippen LogP contribution < -0.4 is 0 Å². The summed E-state index contributed by atoms with van der Waals surface area (Å²) in [6, 6.07) is 0. The molecule has 0 aliphatic rings. The fraction of sp³-hybridized carbons (Fsp3) is 0.154. The predicted molar refractivity (Wildman–Crippen MR) is 76.7 cm³/mol. The van der Waals surface area contributed by atoms with E-state index in [9.17, 15) is 0 Å². The molecule has 0 bridgehead atoms. The van der Waals surface area contributed by atoms with Crippen LogP contribution in [0.15, 0.2) is 24.9 Å². The molecule has 0 saturated carbocycles. The summed E-state index contributed by atoms with van der Waals surface area (Å²) in [7, 11) is 0. The van der Waals surface area contributed by atoms with Gasteiger partial charge in [-0.1, -0.05) is 0 Å². The molecule has 4 aromatic rings. The first-order valence-electron chi connectivity index (χ1n) is 6.11. The highest BCUT2D eigenvalue weighted by atomic mass is 32.1. The van der Waals surface area contributed by atoms with Crippen LogP contribution in [0.25, 0.3) is 27.4 Å². The molecule has 0 spiro atoms. The van der Waals surface area contributed by atoms with Crippen LogP contribution in [-0.4, -0.2) is 29.5 Å². The van der Waals surface area contributed by atoms with E-state index in [0.717, 1.165) is 15.9 Å². The van der Waals surface area contributed by atoms with E-state index in [-0.39, 0.29) is 0 Å². The third-order valence-corrected chi connectivity index (χ3v) is 4.41. The normalized spacial score (nSPS) is 11.5. The molecule has 7 heteroatoms. The lowest BCUT2D eigenvalue weighted by atomic mass is 10.2. The predicted octanol–water partition coefficient (Wildman–Crippen LogP) is 2.41. The highest BCUT2D eigenvalue weighted by Crippen LogP contribution is 2.31. The number of rotatable bonds is 1. The van der Waals surface area contributed by atoms with Gasteiger partial charge in [0.15, 0.2) is 5.65 Å². The van der Waals surface area contributed by atoms with E-state index in [2.05, 4.69) is 38.9 Å². The molecular formula is C13H10N6S. The molecule has 0 saturated heterocycles. The standard InChI is InChI=1S/C13H10N6S/c1-7-8(2)20-13-10(7)12-17-11(18-19(12)6-16-13)9-5-14-3-4-15-9/h3-6H,1-2H3. The Labute approximate surface area is 118 Å². The van der Waals surface area contributed by atoms with Crippen molar-refractivity contribution in [1.29, 1.82) is 0 Å². The van der Waals surface area contributed by atoms with Crippen molar-refractivity contribution in [3.63, 3.8) is 0 Å². The van der Waals surface area contributed by atoms with Gasteiger partial charge in [-0.15, -0.1) is 16.4 Å². The van der Waals surface area contributed by atoms with Gasteiger partial charge in [0.25, 0.3) is 0 Å². The molecule has 6 nitrogen and oxygen atoms in total. The Morgan fingerprint density at radius 2 is 2.05 bits per heavy atom. The van der Waals surface area contributed by atoms with E-state index >= 15 is 0 Å². The number of fused-ring (bicyclic) bond motifs is 3. The summed E-state index contributed by atoms with van der Waals surface area (Å²) in [4.78, 5) is 19.6. The molecule has 0 radical (unpaired) electrons. The van der Waals surface area contributed by atoms with Crippen molar-refractivity contribution >= 4 is 27.2 Å². The van der Waals surface area contributed by atoms with E-state index in [0.29, 0.717) is 11.5 Å². The molecule has 0 unspecified atom stereocenters. The van der Waals surface area contributed by atoms with Crippen LogP contribution in [0.4, 0.5) is 0 Å². The Kier molecular flexibility index (Phi) is 2.31. The molecule has 0 aliphatic heterocycles. The molecule has 0 aliphatic carbocycles. The van der Waals surface area contributed by atoms with Gasteiger partial charge in [-0.05, 0) is 19.4 Å². The van der Waals surface area contributed by atoms with Gasteiger partial charge in [0, 0.05) is 17.3 Å². The minimum Gasteiger partial charge on any atom is -0.261 e. The Morgan fingerprint density at radius 3 is 2.85 bits per heavy atom. The van der Waals surface area contributed by atoms with E-state index in [1.54, 1.807) is 40.8 Å². The zero-order chi connectivity index (χ0) is 13.7. The zero-order valence-corrected chi connectivity index (χ0v) is 11.7. The fourth-order valence-electron chi connectivity index (χ4n) is 2.17. The lowest BCUT2D eigenvalue weighted by molar-refractivity contribution is 0.935. The maximum atomic E-state index is 4.60. The molecular weight excluding hydrogens is 272 g/mol. The third kappa shape index (κ3) is 1.53. The van der Waals surface area contributed by atoms with Gasteiger partial charge in [-0.3, -0.25) is 4.98 Å². The summed E-state index contributed by atoms with van der Waals surface area (Å²) in [6.45, 7) is 4.19. The fourth-order valence-corrected chi connectivity index (χ4v) is 3.16. The van der Waals surface area contributed by atoms with Gasteiger partial charge in [0.05, 0.1) is 11.6 Å². The van der Waals surface area contributed by atoms with Gasteiger partial charge in [-0.2, -0.15) is 0 Å². The maximum Gasteiger partial charge on any atom is 0.202 e. The Hall–Kier alpha value is -2.41. The molecule has 0 N–H and O–H groups in total. The highest BCUT2D eigenvalue weighted by Gasteiger charge is 2.15. The summed E-state index contributed by atoms with van der Waals surface area (Å²) in [5.41, 5.74) is 2.69. The van der Waals surface area contributed by atoms with E-state index < -0.39 is 0 Å². The molecule has 0 aromatic carbocycles. The monoisotopic (exact) mass is 282 g/mol. The first kappa shape index (κ1) is 11.4. The van der Waals surface area contributed by atoms with E-state index in [1.807, 2.05) is 0 Å². The number of aryl methyl sites for hydroxylation is 2. The van der Waals surface area contributed by atoms with Crippen LogP contribution in [0, 0.1) is 13.8 Å². The third-order valence-electron chi connectivity index (χ3n) is 3.30. The zero-order valence-electron chi connectivity index (χ0n) is 10.9. The van der Waals surface area contributed by atoms with Crippen molar-refractivity contribution in [3.8, 4) is 11.5 Å². The first-order valence-corrected chi connectivity index (χ1v) is 6.93. The van der Waals surface area contributed by atoms with Gasteiger partial charge < -0.3 is 0 Å². The van der Waals surface area contributed by atoms with Crippen molar-refractivity contribution in [3.05, 3.63) is 35.4 Å². The number of hydrogen-bond acceptors (Lipinski definition) is 6. The quantitative estimate of drug-likeness (QED) is 0.536. The summed E-state index contributed by atoms with van der Waals surface area (Å²) >= 11 is 1.68. The summed E-state index contributed by atoms with van der Waals surface area (Å²) < 4.78 is 1.70. The molecule has 4 rings (SSSR count). The number of thiophene rings is 1. The number of nitrogens with zero attached hydrogens (tertiary/aromatic N) is 6. The Balaban J connectivity index is 2.06. The lowest BCUT2D eigenvalue weighted by Crippen LogP contribution is -1.90. The summed E-state index contributed by atoms with van der Waals surface area (Å²) in [6.07, 6.45) is 6.62. The second-order valence-corrected chi connectivity index (χ2v) is 5.71. The first-order chi connectivity index (χ1) is 9.74. The molecule has 20 heavy (non-hydrogen) atoms. The minimum atomic E-state index is 0.565. The summed E-state index contributed by atoms with van der Waals surface area (Å²) in [5.74, 6) is 0.565. The van der Waals surface area contributed by atoms with Crippen LogP contribution in [0.5, 0.6) is 0 Å². The van der Waals surface area contributed by atoms with Gasteiger partial charge >= 0.3 is 0 Å². The van der Waals surface area contributed by atoms with Gasteiger partial charge in [0.2, 0.25) is 5.82 Å². The van der Waals surface area contributed by atoms with Gasteiger partial charge in [-0.25, -0.2) is 19.5 Å². The number of aromatic nitrogens is 6. The Bertz CT molecular complexity index is 924. The van der Waals surface area contributed by atoms with Gasteiger partial charge in [0.1, 0.15) is 16.9 Å². The highest BCUT2D eigenvalue weighted by molar-refractivity contribution is 7.18. The van der Waals surface area contributed by atoms with Crippen LogP contribution in [0.1, 0.15) is 10.4 Å². The molecule has 0 atom stereocenters. The van der Waals surface area contributed by atoms with Crippen LogP contribution in [-0.2, 0) is 0 Å². The Morgan fingerprint density at radius 1 is 1.15 bits per heavy atom. The van der Waals surface area contributed by atoms with Crippen molar-refractivity contribution in [1.82, 2.24) is 29.5 Å². The maximum absolute atomic E-state index is 4.60. The van der Waals surface area contributed by atoms with E-state index in [4.69, 9.17) is 0 Å². The van der Waals surface area contributed by atoms with Crippen molar-refractivity contribution in [2.24, 2.45) is 0 Å². The van der Waals surface area contributed by atoms with Crippen molar-refractivity contribution in [2.75, 3.05) is 0 Å². The topological polar surface area (TPSA) is 68.9 Å². The minimum absolute atomic E-state index is 0.565. The second-order valence-electron chi connectivity index (χ2n) is 4.50. The van der Waals surface area contributed by atoms with Crippen LogP contribution in [0.3, 0.4) is 0 Å². The molecule has 4 aromatic heterocycles. The molecule has 0 amide bonds. The average molecular weight is 282 g/mol. The second kappa shape index (κ2) is 4.04. The van der Waals surface area contributed by atoms with Crippen LogP contribution >= 0.6 is 11.3 Å².